The highest BCUT2D eigenvalue weighted by molar-refractivity contribution is 6.02. The number of carbonyl (C=O) groups is 1. The van der Waals surface area contributed by atoms with Gasteiger partial charge in [-0.2, -0.15) is 0 Å². The number of carboxylic acid groups (broad SMARTS) is 1. The van der Waals surface area contributed by atoms with Crippen molar-refractivity contribution in [2.24, 2.45) is 7.05 Å². The minimum Gasteiger partial charge on any atom is -0.481 e. The van der Waals surface area contributed by atoms with Gasteiger partial charge in [0.2, 0.25) is 0 Å². The molecule has 1 aromatic heterocycles. The van der Waals surface area contributed by atoms with E-state index in [0.717, 1.165) is 0 Å². The fourth-order valence-corrected chi connectivity index (χ4v) is 3.83. The number of carboxylic acids is 1. The third kappa shape index (κ3) is 6.43. The molecule has 0 aliphatic heterocycles. The molecule has 184 valence electrons. The SMILES string of the molecule is Cc1cc(F)ccc1C(=C(C=CC(O)CC(O)CC(=O)O)c1nnnn1C)c1ccc(F)cc1C. The molecule has 2 unspecified atom stereocenters. The summed E-state index contributed by atoms with van der Waals surface area (Å²) in [7, 11) is 1.63. The van der Waals surface area contributed by atoms with E-state index in [1.54, 1.807) is 39.1 Å². The molecule has 0 aliphatic carbocycles. The van der Waals surface area contributed by atoms with Crippen LogP contribution in [0.5, 0.6) is 0 Å². The van der Waals surface area contributed by atoms with Crippen molar-refractivity contribution in [3.63, 3.8) is 0 Å². The number of aliphatic carboxylic acids is 1. The summed E-state index contributed by atoms with van der Waals surface area (Å²) in [6.07, 6.45) is -0.166. The zero-order valence-electron chi connectivity index (χ0n) is 19.5. The maximum atomic E-state index is 13.9. The Morgan fingerprint density at radius 3 is 2.09 bits per heavy atom. The molecule has 0 radical (unpaired) electrons. The van der Waals surface area contributed by atoms with E-state index in [-0.39, 0.29) is 6.42 Å². The number of hydrogen-bond acceptors (Lipinski definition) is 6. The van der Waals surface area contributed by atoms with Crippen LogP contribution in [0.4, 0.5) is 8.78 Å². The number of nitrogens with zero attached hydrogens (tertiary/aromatic N) is 4. The Labute approximate surface area is 200 Å². The van der Waals surface area contributed by atoms with E-state index in [2.05, 4.69) is 15.5 Å². The van der Waals surface area contributed by atoms with Crippen LogP contribution in [-0.4, -0.2) is 53.7 Å². The molecule has 0 amide bonds. The lowest BCUT2D eigenvalue weighted by Crippen LogP contribution is -2.19. The molecule has 0 fully saturated rings. The summed E-state index contributed by atoms with van der Waals surface area (Å²) < 4.78 is 29.3. The van der Waals surface area contributed by atoms with E-state index in [1.165, 1.54) is 35.0 Å². The van der Waals surface area contributed by atoms with Crippen molar-refractivity contribution in [3.8, 4) is 0 Å². The van der Waals surface area contributed by atoms with Gasteiger partial charge in [0.25, 0.3) is 0 Å². The summed E-state index contributed by atoms with van der Waals surface area (Å²) in [6, 6.07) is 8.59. The van der Waals surface area contributed by atoms with Crippen LogP contribution < -0.4 is 0 Å². The highest BCUT2D eigenvalue weighted by atomic mass is 19.1. The van der Waals surface area contributed by atoms with Crippen LogP contribution in [-0.2, 0) is 11.8 Å². The zero-order valence-corrected chi connectivity index (χ0v) is 19.5. The minimum atomic E-state index is -1.24. The van der Waals surface area contributed by atoms with Gasteiger partial charge in [-0.05, 0) is 70.8 Å². The van der Waals surface area contributed by atoms with E-state index >= 15 is 0 Å². The Bertz CT molecular complexity index is 1230. The van der Waals surface area contributed by atoms with Crippen LogP contribution in [0.15, 0.2) is 48.6 Å². The molecule has 35 heavy (non-hydrogen) atoms. The topological polar surface area (TPSA) is 121 Å². The molecule has 2 aromatic carbocycles. The summed E-state index contributed by atoms with van der Waals surface area (Å²) >= 11 is 0. The van der Waals surface area contributed by atoms with Gasteiger partial charge < -0.3 is 15.3 Å². The van der Waals surface area contributed by atoms with Gasteiger partial charge >= 0.3 is 5.97 Å². The first-order valence-corrected chi connectivity index (χ1v) is 10.8. The lowest BCUT2D eigenvalue weighted by Gasteiger charge is -2.18. The molecule has 8 nitrogen and oxygen atoms in total. The molecule has 1 heterocycles. The number of benzene rings is 2. The van der Waals surface area contributed by atoms with E-state index < -0.39 is 36.2 Å². The minimum absolute atomic E-state index is 0.201. The molecule has 0 saturated heterocycles. The third-order valence-corrected chi connectivity index (χ3v) is 5.45. The molecule has 0 bridgehead atoms. The quantitative estimate of drug-likeness (QED) is 0.399. The summed E-state index contributed by atoms with van der Waals surface area (Å²) in [5, 5.41) is 40.8. The number of aromatic nitrogens is 4. The predicted octanol–water partition coefficient (Wildman–Crippen LogP) is 3.21. The lowest BCUT2D eigenvalue weighted by molar-refractivity contribution is -0.139. The summed E-state index contributed by atoms with van der Waals surface area (Å²) in [5.41, 5.74) is 3.54. The first kappa shape index (κ1) is 25.9. The number of aliphatic hydroxyl groups is 2. The number of rotatable bonds is 9. The van der Waals surface area contributed by atoms with Gasteiger partial charge in [0, 0.05) is 24.6 Å². The first-order chi connectivity index (χ1) is 16.6. The Hall–Kier alpha value is -3.76. The van der Waals surface area contributed by atoms with E-state index in [0.29, 0.717) is 39.2 Å². The van der Waals surface area contributed by atoms with Crippen molar-refractivity contribution in [3.05, 3.63) is 88.3 Å². The Kier molecular flexibility index (Phi) is 8.21. The fraction of sp³-hybridized carbons (Fsp3) is 0.280. The summed E-state index contributed by atoms with van der Waals surface area (Å²) in [6.45, 7) is 3.48. The predicted molar refractivity (Wildman–Crippen MR) is 125 cm³/mol. The zero-order chi connectivity index (χ0) is 25.7. The molecule has 0 aliphatic rings. The van der Waals surface area contributed by atoms with Gasteiger partial charge in [0.05, 0.1) is 18.6 Å². The number of aliphatic hydroxyl groups excluding tert-OH is 2. The fourth-order valence-electron chi connectivity index (χ4n) is 3.83. The van der Waals surface area contributed by atoms with Crippen LogP contribution in [0.1, 0.15) is 40.9 Å². The second kappa shape index (κ2) is 11.1. The van der Waals surface area contributed by atoms with Crippen molar-refractivity contribution >= 4 is 17.1 Å². The van der Waals surface area contributed by atoms with E-state index in [9.17, 15) is 23.8 Å². The summed E-state index contributed by atoms with van der Waals surface area (Å²) in [4.78, 5) is 10.8. The van der Waals surface area contributed by atoms with Gasteiger partial charge in [-0.1, -0.05) is 24.3 Å². The second-order valence-corrected chi connectivity index (χ2v) is 8.25. The molecule has 2 atom stereocenters. The van der Waals surface area contributed by atoms with Gasteiger partial charge in [-0.15, -0.1) is 5.10 Å². The molecule has 3 rings (SSSR count). The maximum absolute atomic E-state index is 13.9. The summed E-state index contributed by atoms with van der Waals surface area (Å²) in [5.74, 6) is -1.69. The largest absolute Gasteiger partial charge is 0.481 e. The van der Waals surface area contributed by atoms with Crippen LogP contribution in [0, 0.1) is 25.5 Å². The van der Waals surface area contributed by atoms with Crippen molar-refractivity contribution < 1.29 is 28.9 Å². The van der Waals surface area contributed by atoms with Gasteiger partial charge in [0.15, 0.2) is 5.82 Å². The molecule has 3 aromatic rings. The van der Waals surface area contributed by atoms with Crippen LogP contribution in [0.2, 0.25) is 0 Å². The first-order valence-electron chi connectivity index (χ1n) is 10.8. The average Bonchev–Trinajstić information content (AvgIpc) is 3.17. The second-order valence-electron chi connectivity index (χ2n) is 8.25. The molecule has 10 heteroatoms. The Morgan fingerprint density at radius 2 is 1.63 bits per heavy atom. The molecular formula is C25H26F2N4O4. The lowest BCUT2D eigenvalue weighted by atomic mass is 9.87. The van der Waals surface area contributed by atoms with Gasteiger partial charge in [0.1, 0.15) is 11.6 Å². The highest BCUT2D eigenvalue weighted by Gasteiger charge is 2.21. The smallest absolute Gasteiger partial charge is 0.305 e. The maximum Gasteiger partial charge on any atom is 0.305 e. The average molecular weight is 485 g/mol. The van der Waals surface area contributed by atoms with Crippen LogP contribution >= 0.6 is 0 Å². The number of hydrogen-bond donors (Lipinski definition) is 3. The van der Waals surface area contributed by atoms with E-state index in [4.69, 9.17) is 5.11 Å². The molecule has 0 saturated carbocycles. The van der Waals surface area contributed by atoms with Gasteiger partial charge in [-0.25, -0.2) is 13.5 Å². The van der Waals surface area contributed by atoms with Crippen molar-refractivity contribution in [2.45, 2.75) is 38.9 Å². The van der Waals surface area contributed by atoms with Crippen LogP contribution in [0.3, 0.4) is 0 Å². The Balaban J connectivity index is 2.24. The van der Waals surface area contributed by atoms with Gasteiger partial charge in [-0.3, -0.25) is 4.79 Å². The number of halogens is 2. The Morgan fingerprint density at radius 1 is 1.06 bits per heavy atom. The molecular weight excluding hydrogens is 458 g/mol. The normalized spacial score (nSPS) is 13.1. The molecule has 0 spiro atoms. The highest BCUT2D eigenvalue weighted by Crippen LogP contribution is 2.36. The number of allylic oxidation sites excluding steroid dienone is 2. The monoisotopic (exact) mass is 484 g/mol. The standard InChI is InChI=1S/C25H26F2N4O4/c1-14-10-16(26)4-7-20(14)24(21-8-5-17(27)11-15(21)2)22(25-28-29-30-31(25)3)9-6-18(32)12-19(33)13-23(34)35/h4-11,18-19,32-33H,12-13H2,1-3H3,(H,34,35). The van der Waals surface area contributed by atoms with Crippen molar-refractivity contribution in [2.75, 3.05) is 0 Å². The van der Waals surface area contributed by atoms with E-state index in [1.807, 2.05) is 0 Å². The third-order valence-electron chi connectivity index (χ3n) is 5.45. The van der Waals surface area contributed by atoms with Crippen molar-refractivity contribution in [1.82, 2.24) is 20.2 Å². The van der Waals surface area contributed by atoms with Crippen LogP contribution in [0.25, 0.3) is 11.1 Å². The molecule has 3 N–H and O–H groups in total. The van der Waals surface area contributed by atoms with Crippen molar-refractivity contribution in [1.29, 1.82) is 0 Å². The number of aryl methyl sites for hydroxylation is 3. The number of tetrazole rings is 1.